The molecule has 6 nitrogen and oxygen atoms in total. The third-order valence-electron chi connectivity index (χ3n) is 4.43. The fourth-order valence-electron chi connectivity index (χ4n) is 3.02. The maximum Gasteiger partial charge on any atom is 0.220 e. The van der Waals surface area contributed by atoms with Crippen molar-refractivity contribution in [2.24, 2.45) is 5.92 Å². The zero-order valence-electron chi connectivity index (χ0n) is 14.0. The van der Waals surface area contributed by atoms with Gasteiger partial charge in [0.15, 0.2) is 15.6 Å². The highest BCUT2D eigenvalue weighted by molar-refractivity contribution is 7.91. The maximum absolute atomic E-state index is 11.9. The molecule has 1 aliphatic rings. The summed E-state index contributed by atoms with van der Waals surface area (Å²) in [7, 11) is -2.87. The molecule has 2 aromatic rings. The fraction of sp³-hybridized carbons (Fsp3) is 0.444. The number of aromatic nitrogens is 1. The minimum atomic E-state index is -2.87. The number of carbonyl (C=O) groups is 1. The summed E-state index contributed by atoms with van der Waals surface area (Å²) in [6.45, 7) is 0.489. The molecule has 1 saturated heterocycles. The molecule has 3 rings (SSSR count). The number of hydrogen-bond acceptors (Lipinski definition) is 5. The molecule has 7 heteroatoms. The first kappa shape index (κ1) is 17.7. The van der Waals surface area contributed by atoms with Crippen LogP contribution in [0.2, 0.25) is 0 Å². The Labute approximate surface area is 147 Å². The Kier molecular flexibility index (Phi) is 5.53. The summed E-state index contributed by atoms with van der Waals surface area (Å²) in [6.07, 6.45) is 2.28. The predicted octanol–water partition coefficient (Wildman–Crippen LogP) is 2.22. The molecule has 1 N–H and O–H groups in total. The van der Waals surface area contributed by atoms with Gasteiger partial charge in [-0.05, 0) is 18.8 Å². The highest BCUT2D eigenvalue weighted by Gasteiger charge is 2.27. The molecule has 1 amide bonds. The van der Waals surface area contributed by atoms with Gasteiger partial charge in [-0.2, -0.15) is 0 Å². The summed E-state index contributed by atoms with van der Waals surface area (Å²) in [6, 6.07) is 11.6. The second-order valence-electron chi connectivity index (χ2n) is 6.46. The van der Waals surface area contributed by atoms with Gasteiger partial charge in [-0.15, -0.1) is 0 Å². The Morgan fingerprint density at radius 1 is 1.28 bits per heavy atom. The van der Waals surface area contributed by atoms with Crippen molar-refractivity contribution in [1.82, 2.24) is 10.5 Å². The van der Waals surface area contributed by atoms with E-state index in [-0.39, 0.29) is 23.3 Å². The summed E-state index contributed by atoms with van der Waals surface area (Å²) in [5.74, 6) is 1.27. The molecule has 0 bridgehead atoms. The lowest BCUT2D eigenvalue weighted by atomic mass is 10.0. The first-order chi connectivity index (χ1) is 12.0. The van der Waals surface area contributed by atoms with E-state index < -0.39 is 9.84 Å². The minimum Gasteiger partial charge on any atom is -0.356 e. The lowest BCUT2D eigenvalue weighted by Gasteiger charge is -2.07. The van der Waals surface area contributed by atoms with Crippen LogP contribution in [-0.2, 0) is 21.1 Å². The summed E-state index contributed by atoms with van der Waals surface area (Å²) in [5, 5.41) is 6.88. The van der Waals surface area contributed by atoms with E-state index in [1.807, 2.05) is 36.4 Å². The molecule has 1 unspecified atom stereocenters. The molecule has 1 fully saturated rings. The molecule has 1 aromatic heterocycles. The second kappa shape index (κ2) is 7.82. The van der Waals surface area contributed by atoms with Crippen LogP contribution in [0.1, 0.15) is 25.0 Å². The van der Waals surface area contributed by atoms with E-state index in [2.05, 4.69) is 10.5 Å². The molecule has 0 saturated carbocycles. The Balaban J connectivity index is 1.38. The Bertz CT molecular complexity index is 815. The van der Waals surface area contributed by atoms with Gasteiger partial charge in [0.1, 0.15) is 0 Å². The van der Waals surface area contributed by atoms with Crippen molar-refractivity contribution in [3.63, 3.8) is 0 Å². The van der Waals surface area contributed by atoms with Crippen molar-refractivity contribution in [3.8, 4) is 11.3 Å². The number of carbonyl (C=O) groups excluding carboxylic acids is 1. The molecule has 25 heavy (non-hydrogen) atoms. The van der Waals surface area contributed by atoms with Gasteiger partial charge >= 0.3 is 0 Å². The Hall–Kier alpha value is -2.15. The highest BCUT2D eigenvalue weighted by atomic mass is 32.2. The van der Waals surface area contributed by atoms with Crippen LogP contribution in [0.3, 0.4) is 0 Å². The fourth-order valence-corrected chi connectivity index (χ4v) is 4.93. The van der Waals surface area contributed by atoms with Crippen LogP contribution in [0.25, 0.3) is 11.3 Å². The van der Waals surface area contributed by atoms with E-state index in [1.165, 1.54) is 0 Å². The van der Waals surface area contributed by atoms with Crippen molar-refractivity contribution < 1.29 is 17.7 Å². The number of rotatable bonds is 7. The largest absolute Gasteiger partial charge is 0.356 e. The van der Waals surface area contributed by atoms with Gasteiger partial charge in [0.05, 0.1) is 17.2 Å². The lowest BCUT2D eigenvalue weighted by molar-refractivity contribution is -0.121. The highest BCUT2D eigenvalue weighted by Crippen LogP contribution is 2.23. The van der Waals surface area contributed by atoms with Crippen molar-refractivity contribution in [3.05, 3.63) is 42.1 Å². The maximum atomic E-state index is 11.9. The summed E-state index contributed by atoms with van der Waals surface area (Å²) in [4.78, 5) is 11.9. The Morgan fingerprint density at radius 3 is 2.80 bits per heavy atom. The topological polar surface area (TPSA) is 89.3 Å². The smallest absolute Gasteiger partial charge is 0.220 e. The number of amides is 1. The quantitative estimate of drug-likeness (QED) is 0.816. The van der Waals surface area contributed by atoms with Crippen molar-refractivity contribution in [2.75, 3.05) is 18.1 Å². The van der Waals surface area contributed by atoms with Crippen molar-refractivity contribution >= 4 is 15.7 Å². The van der Waals surface area contributed by atoms with Gasteiger partial charge in [-0.1, -0.05) is 35.5 Å². The average molecular weight is 362 g/mol. The summed E-state index contributed by atoms with van der Waals surface area (Å²) < 4.78 is 28.1. The summed E-state index contributed by atoms with van der Waals surface area (Å²) >= 11 is 0. The molecular weight excluding hydrogens is 340 g/mol. The van der Waals surface area contributed by atoms with Crippen LogP contribution >= 0.6 is 0 Å². The first-order valence-corrected chi connectivity index (χ1v) is 10.3. The molecule has 1 aromatic carbocycles. The minimum absolute atomic E-state index is 0.0453. The number of hydrogen-bond donors (Lipinski definition) is 1. The third-order valence-corrected chi connectivity index (χ3v) is 6.26. The van der Waals surface area contributed by atoms with E-state index in [0.717, 1.165) is 11.3 Å². The second-order valence-corrected chi connectivity index (χ2v) is 8.68. The van der Waals surface area contributed by atoms with Crippen LogP contribution in [0.15, 0.2) is 40.9 Å². The van der Waals surface area contributed by atoms with Crippen LogP contribution in [0.4, 0.5) is 0 Å². The number of sulfone groups is 1. The molecule has 0 radical (unpaired) electrons. The molecule has 134 valence electrons. The van der Waals surface area contributed by atoms with Crippen molar-refractivity contribution in [2.45, 2.75) is 25.7 Å². The van der Waals surface area contributed by atoms with Gasteiger partial charge in [0, 0.05) is 31.0 Å². The molecule has 0 spiro atoms. The van der Waals surface area contributed by atoms with Crippen LogP contribution in [-0.4, -0.2) is 37.5 Å². The molecule has 2 heterocycles. The van der Waals surface area contributed by atoms with Gasteiger partial charge < -0.3 is 9.84 Å². The standard InChI is InChI=1S/C18H22N2O4S/c21-18(7-6-14-9-11-25(22,23)13-14)19-10-8-16-12-17(24-20-16)15-4-2-1-3-5-15/h1-5,12,14H,6-11,13H2,(H,19,21). The molecule has 1 aliphatic heterocycles. The van der Waals surface area contributed by atoms with Gasteiger partial charge in [0.25, 0.3) is 0 Å². The van der Waals surface area contributed by atoms with E-state index in [9.17, 15) is 13.2 Å². The zero-order valence-corrected chi connectivity index (χ0v) is 14.8. The molecular formula is C18H22N2O4S. The SMILES string of the molecule is O=C(CCC1CCS(=O)(=O)C1)NCCc1cc(-c2ccccc2)on1. The van der Waals surface area contributed by atoms with Crippen LogP contribution in [0, 0.1) is 5.92 Å². The molecule has 0 aliphatic carbocycles. The van der Waals surface area contributed by atoms with E-state index in [4.69, 9.17) is 4.52 Å². The van der Waals surface area contributed by atoms with E-state index in [0.29, 0.717) is 38.0 Å². The van der Waals surface area contributed by atoms with Crippen molar-refractivity contribution in [1.29, 1.82) is 0 Å². The zero-order chi connectivity index (χ0) is 17.7. The number of nitrogens with zero attached hydrogens (tertiary/aromatic N) is 1. The van der Waals surface area contributed by atoms with Gasteiger partial charge in [-0.3, -0.25) is 4.79 Å². The van der Waals surface area contributed by atoms with Crippen LogP contribution < -0.4 is 5.32 Å². The Morgan fingerprint density at radius 2 is 2.08 bits per heavy atom. The first-order valence-electron chi connectivity index (χ1n) is 8.50. The van der Waals surface area contributed by atoms with E-state index >= 15 is 0 Å². The van der Waals surface area contributed by atoms with Gasteiger partial charge in [-0.25, -0.2) is 8.42 Å². The lowest BCUT2D eigenvalue weighted by Crippen LogP contribution is -2.26. The third kappa shape index (κ3) is 5.16. The summed E-state index contributed by atoms with van der Waals surface area (Å²) in [5.41, 5.74) is 1.76. The number of benzene rings is 1. The predicted molar refractivity (Wildman–Crippen MR) is 94.6 cm³/mol. The molecule has 1 atom stereocenters. The monoisotopic (exact) mass is 362 g/mol. The van der Waals surface area contributed by atoms with Crippen LogP contribution in [0.5, 0.6) is 0 Å². The van der Waals surface area contributed by atoms with E-state index in [1.54, 1.807) is 0 Å². The number of nitrogens with one attached hydrogen (secondary N) is 1. The normalized spacial score (nSPS) is 19.0. The van der Waals surface area contributed by atoms with Gasteiger partial charge in [0.2, 0.25) is 5.91 Å². The average Bonchev–Trinajstić information content (AvgIpc) is 3.20.